The second kappa shape index (κ2) is 8.89. The number of aliphatic carboxylic acids is 1. The lowest BCUT2D eigenvalue weighted by Crippen LogP contribution is -2.21. The van der Waals surface area contributed by atoms with Crippen LogP contribution in [0.1, 0.15) is 19.8 Å². The molecule has 0 radical (unpaired) electrons. The third-order valence-corrected chi connectivity index (χ3v) is 3.57. The molecular weight excluding hydrogens is 304 g/mol. The van der Waals surface area contributed by atoms with Gasteiger partial charge in [0.25, 0.3) is 0 Å². The van der Waals surface area contributed by atoms with Gasteiger partial charge in [0.1, 0.15) is 5.75 Å². The largest absolute Gasteiger partial charge is 0.478 e. The number of hydrogen-bond donors (Lipinski definition) is 1. The van der Waals surface area contributed by atoms with Crippen molar-refractivity contribution in [2.24, 2.45) is 0 Å². The van der Waals surface area contributed by atoms with E-state index in [0.717, 1.165) is 11.1 Å². The Hall–Kier alpha value is -2.59. The number of benzene rings is 2. The third-order valence-electron chi connectivity index (χ3n) is 3.57. The fourth-order valence-electron chi connectivity index (χ4n) is 2.33. The maximum Gasteiger partial charge on any atom is 0.330 e. The maximum atomic E-state index is 10.9. The monoisotopic (exact) mass is 326 g/mol. The zero-order valence-electron chi connectivity index (χ0n) is 13.8. The molecular formula is C20H22O4. The Morgan fingerprint density at radius 1 is 1.12 bits per heavy atom. The van der Waals surface area contributed by atoms with Crippen LogP contribution in [-0.2, 0) is 9.53 Å². The molecule has 0 aliphatic heterocycles. The van der Waals surface area contributed by atoms with Gasteiger partial charge in [-0.25, -0.2) is 4.79 Å². The van der Waals surface area contributed by atoms with Crippen LogP contribution in [0.5, 0.6) is 5.75 Å². The van der Waals surface area contributed by atoms with Crippen LogP contribution in [0.25, 0.3) is 11.1 Å². The third kappa shape index (κ3) is 4.96. The molecule has 0 fully saturated rings. The van der Waals surface area contributed by atoms with E-state index >= 15 is 0 Å². The van der Waals surface area contributed by atoms with Crippen molar-refractivity contribution >= 4 is 5.97 Å². The van der Waals surface area contributed by atoms with Crippen LogP contribution in [-0.4, -0.2) is 24.0 Å². The lowest BCUT2D eigenvalue weighted by molar-refractivity contribution is -0.133. The minimum atomic E-state index is -0.991. The first kappa shape index (κ1) is 17.8. The van der Waals surface area contributed by atoms with Gasteiger partial charge in [-0.1, -0.05) is 55.1 Å². The van der Waals surface area contributed by atoms with Crippen LogP contribution in [0, 0.1) is 0 Å². The molecule has 1 unspecified atom stereocenters. The van der Waals surface area contributed by atoms with E-state index in [1.807, 2.05) is 61.5 Å². The van der Waals surface area contributed by atoms with Crippen molar-refractivity contribution in [1.82, 2.24) is 0 Å². The molecule has 0 aromatic heterocycles. The summed E-state index contributed by atoms with van der Waals surface area (Å²) >= 11 is 0. The van der Waals surface area contributed by atoms with Gasteiger partial charge >= 0.3 is 5.97 Å². The van der Waals surface area contributed by atoms with Crippen LogP contribution in [0.3, 0.4) is 0 Å². The molecule has 0 bridgehead atoms. The average molecular weight is 326 g/mol. The first-order valence-corrected chi connectivity index (χ1v) is 7.95. The van der Waals surface area contributed by atoms with Gasteiger partial charge in [0, 0.05) is 24.2 Å². The highest BCUT2D eigenvalue weighted by atomic mass is 16.7. The maximum absolute atomic E-state index is 10.9. The van der Waals surface area contributed by atoms with Gasteiger partial charge < -0.3 is 14.6 Å². The SMILES string of the molecule is C=C(CCC(OCC)Oc1ccccc1-c1ccccc1)C(=O)O. The van der Waals surface area contributed by atoms with Gasteiger partial charge in [-0.3, -0.25) is 0 Å². The zero-order chi connectivity index (χ0) is 17.4. The molecule has 24 heavy (non-hydrogen) atoms. The van der Waals surface area contributed by atoms with E-state index in [9.17, 15) is 4.79 Å². The van der Waals surface area contributed by atoms with E-state index in [1.165, 1.54) is 0 Å². The van der Waals surface area contributed by atoms with E-state index in [4.69, 9.17) is 14.6 Å². The van der Waals surface area contributed by atoms with Crippen LogP contribution >= 0.6 is 0 Å². The Balaban J connectivity index is 2.15. The number of hydrogen-bond acceptors (Lipinski definition) is 3. The van der Waals surface area contributed by atoms with Crippen molar-refractivity contribution in [2.75, 3.05) is 6.61 Å². The second-order valence-corrected chi connectivity index (χ2v) is 5.31. The normalized spacial score (nSPS) is 11.7. The summed E-state index contributed by atoms with van der Waals surface area (Å²) in [7, 11) is 0. The van der Waals surface area contributed by atoms with Crippen molar-refractivity contribution in [3.63, 3.8) is 0 Å². The highest BCUT2D eigenvalue weighted by molar-refractivity contribution is 5.85. The second-order valence-electron chi connectivity index (χ2n) is 5.31. The number of ether oxygens (including phenoxy) is 2. The Bertz CT molecular complexity index is 679. The molecule has 1 N–H and O–H groups in total. The highest BCUT2D eigenvalue weighted by Gasteiger charge is 2.15. The summed E-state index contributed by atoms with van der Waals surface area (Å²) in [4.78, 5) is 10.9. The van der Waals surface area contributed by atoms with Crippen molar-refractivity contribution in [2.45, 2.75) is 26.1 Å². The lowest BCUT2D eigenvalue weighted by atomic mass is 10.0. The first-order chi connectivity index (χ1) is 11.6. The van der Waals surface area contributed by atoms with Crippen LogP contribution in [0.2, 0.25) is 0 Å². The number of carboxylic acids is 1. The summed E-state index contributed by atoms with van der Waals surface area (Å²) < 4.78 is 11.6. The van der Waals surface area contributed by atoms with Crippen molar-refractivity contribution in [3.05, 3.63) is 66.7 Å². The van der Waals surface area contributed by atoms with Crippen LogP contribution in [0.15, 0.2) is 66.7 Å². The molecule has 4 heteroatoms. The van der Waals surface area contributed by atoms with Crippen LogP contribution < -0.4 is 4.74 Å². The summed E-state index contributed by atoms with van der Waals surface area (Å²) in [6.07, 6.45) is 0.228. The van der Waals surface area contributed by atoms with Crippen LogP contribution in [0.4, 0.5) is 0 Å². The van der Waals surface area contributed by atoms with Crippen molar-refractivity contribution < 1.29 is 19.4 Å². The number of para-hydroxylation sites is 1. The molecule has 2 aromatic rings. The van der Waals surface area contributed by atoms with E-state index in [0.29, 0.717) is 25.2 Å². The minimum absolute atomic E-state index is 0.152. The Kier molecular flexibility index (Phi) is 6.58. The summed E-state index contributed by atoms with van der Waals surface area (Å²) in [5.41, 5.74) is 2.18. The average Bonchev–Trinajstić information content (AvgIpc) is 2.60. The van der Waals surface area contributed by atoms with Gasteiger partial charge in [-0.15, -0.1) is 0 Å². The highest BCUT2D eigenvalue weighted by Crippen LogP contribution is 2.31. The van der Waals surface area contributed by atoms with Gasteiger partial charge in [0.15, 0.2) is 6.29 Å². The Morgan fingerprint density at radius 3 is 2.46 bits per heavy atom. The summed E-state index contributed by atoms with van der Waals surface area (Å²) in [5.74, 6) is -0.280. The fraction of sp³-hybridized carbons (Fsp3) is 0.250. The van der Waals surface area contributed by atoms with E-state index in [1.54, 1.807) is 0 Å². The van der Waals surface area contributed by atoms with Gasteiger partial charge in [-0.05, 0) is 25.0 Å². The lowest BCUT2D eigenvalue weighted by Gasteiger charge is -2.21. The molecule has 0 heterocycles. The molecule has 0 amide bonds. The van der Waals surface area contributed by atoms with Gasteiger partial charge in [0.2, 0.25) is 0 Å². The summed E-state index contributed by atoms with van der Waals surface area (Å²) in [6, 6.07) is 17.7. The Morgan fingerprint density at radius 2 is 1.79 bits per heavy atom. The number of carboxylic acid groups (broad SMARTS) is 1. The molecule has 4 nitrogen and oxygen atoms in total. The van der Waals surface area contributed by atoms with Crippen molar-refractivity contribution in [3.8, 4) is 16.9 Å². The molecule has 2 aromatic carbocycles. The molecule has 0 spiro atoms. The van der Waals surface area contributed by atoms with Gasteiger partial charge in [0.05, 0.1) is 0 Å². The molecule has 0 saturated heterocycles. The zero-order valence-corrected chi connectivity index (χ0v) is 13.8. The molecule has 126 valence electrons. The standard InChI is InChI=1S/C20H22O4/c1-3-23-19(14-13-15(2)20(21)22)24-18-12-8-7-11-17(18)16-9-5-4-6-10-16/h4-12,19H,2-3,13-14H2,1H3,(H,21,22). The summed E-state index contributed by atoms with van der Waals surface area (Å²) in [5, 5.41) is 8.93. The van der Waals surface area contributed by atoms with Gasteiger partial charge in [-0.2, -0.15) is 0 Å². The summed E-state index contributed by atoms with van der Waals surface area (Å²) in [6.45, 7) is 5.91. The molecule has 0 aliphatic rings. The topological polar surface area (TPSA) is 55.8 Å². The first-order valence-electron chi connectivity index (χ1n) is 7.95. The predicted molar refractivity (Wildman–Crippen MR) is 93.9 cm³/mol. The van der Waals surface area contributed by atoms with Crippen molar-refractivity contribution in [1.29, 1.82) is 0 Å². The van der Waals surface area contributed by atoms with E-state index in [-0.39, 0.29) is 5.57 Å². The quantitative estimate of drug-likeness (QED) is 0.544. The molecule has 0 aliphatic carbocycles. The van der Waals surface area contributed by atoms with E-state index < -0.39 is 12.3 Å². The smallest absolute Gasteiger partial charge is 0.330 e. The number of rotatable bonds is 9. The Labute approximate surface area is 142 Å². The molecule has 1 atom stereocenters. The minimum Gasteiger partial charge on any atom is -0.478 e. The molecule has 0 saturated carbocycles. The fourth-order valence-corrected chi connectivity index (χ4v) is 2.33. The van der Waals surface area contributed by atoms with E-state index in [2.05, 4.69) is 6.58 Å². The predicted octanol–water partition coefficient (Wildman–Crippen LogP) is 4.52. The molecule has 2 rings (SSSR count). The number of carbonyl (C=O) groups is 1.